The molecule has 2 heterocycles. The average molecular weight is 334 g/mol. The highest BCUT2D eigenvalue weighted by molar-refractivity contribution is 5.22. The van der Waals surface area contributed by atoms with E-state index in [0.717, 1.165) is 6.54 Å². The topological polar surface area (TPSA) is 63.4 Å². The molecular weight excluding hydrogens is 311 g/mol. The molecule has 7 heteroatoms. The van der Waals surface area contributed by atoms with Crippen molar-refractivity contribution in [3.63, 3.8) is 0 Å². The summed E-state index contributed by atoms with van der Waals surface area (Å²) in [5, 5.41) is 19.0. The van der Waals surface area contributed by atoms with Crippen molar-refractivity contribution >= 4 is 0 Å². The molecule has 1 N–H and O–H groups in total. The van der Waals surface area contributed by atoms with E-state index in [0.29, 0.717) is 37.6 Å². The molecule has 1 atom stereocenters. The Morgan fingerprint density at radius 2 is 2.08 bits per heavy atom. The number of likely N-dealkylation sites (tertiary alicyclic amines) is 1. The van der Waals surface area contributed by atoms with Crippen LogP contribution in [0.5, 0.6) is 5.75 Å². The third-order valence-electron chi connectivity index (χ3n) is 4.33. The summed E-state index contributed by atoms with van der Waals surface area (Å²) in [6, 6.07) is 6.19. The Hall–Kier alpha value is -1.99. The normalized spacial score (nSPS) is 21.5. The highest BCUT2D eigenvalue weighted by Gasteiger charge is 2.40. The van der Waals surface area contributed by atoms with Crippen LogP contribution in [0.15, 0.2) is 30.5 Å². The molecule has 0 saturated carbocycles. The van der Waals surface area contributed by atoms with Crippen LogP contribution < -0.4 is 4.74 Å². The third kappa shape index (κ3) is 3.73. The maximum atomic E-state index is 12.8. The van der Waals surface area contributed by atoms with Gasteiger partial charge in [-0.3, -0.25) is 4.90 Å². The first-order valence-corrected chi connectivity index (χ1v) is 8.22. The van der Waals surface area contributed by atoms with Crippen LogP contribution in [0.4, 0.5) is 4.39 Å². The largest absolute Gasteiger partial charge is 0.492 e. The van der Waals surface area contributed by atoms with Crippen molar-refractivity contribution in [2.75, 3.05) is 26.2 Å². The molecule has 2 aromatic rings. The van der Waals surface area contributed by atoms with Gasteiger partial charge in [0.2, 0.25) is 0 Å². The standard InChI is InChI=1S/C17H23FN4O2/c1-13(2)22-11-16(19-20-22)17(23)7-8-21(12-17)9-10-24-15-5-3-14(18)4-6-15/h3-6,11,13,23H,7-10,12H2,1-2H3/t17-/m1/s1. The van der Waals surface area contributed by atoms with Crippen LogP contribution in [0.1, 0.15) is 32.0 Å². The fourth-order valence-corrected chi connectivity index (χ4v) is 2.84. The Bertz CT molecular complexity index is 673. The number of aromatic nitrogens is 3. The molecule has 0 unspecified atom stereocenters. The summed E-state index contributed by atoms with van der Waals surface area (Å²) < 4.78 is 20.2. The Kier molecular flexibility index (Phi) is 4.82. The average Bonchev–Trinajstić information content (AvgIpc) is 3.18. The highest BCUT2D eigenvalue weighted by atomic mass is 19.1. The molecule has 1 aromatic heterocycles. The molecule has 24 heavy (non-hydrogen) atoms. The van der Waals surface area contributed by atoms with Gasteiger partial charge >= 0.3 is 0 Å². The molecule has 0 bridgehead atoms. The molecule has 0 spiro atoms. The smallest absolute Gasteiger partial charge is 0.124 e. The van der Waals surface area contributed by atoms with Gasteiger partial charge in [0, 0.05) is 25.7 Å². The van der Waals surface area contributed by atoms with Crippen LogP contribution in [0.3, 0.4) is 0 Å². The molecule has 1 aliphatic heterocycles. The molecule has 1 saturated heterocycles. The second kappa shape index (κ2) is 6.86. The van der Waals surface area contributed by atoms with Gasteiger partial charge in [0.05, 0.1) is 6.20 Å². The van der Waals surface area contributed by atoms with Gasteiger partial charge in [0.25, 0.3) is 0 Å². The van der Waals surface area contributed by atoms with Crippen molar-refractivity contribution in [1.82, 2.24) is 19.9 Å². The van der Waals surface area contributed by atoms with Crippen LogP contribution in [-0.4, -0.2) is 51.2 Å². The van der Waals surface area contributed by atoms with E-state index in [4.69, 9.17) is 4.74 Å². The van der Waals surface area contributed by atoms with E-state index in [1.165, 1.54) is 12.1 Å². The van der Waals surface area contributed by atoms with E-state index in [9.17, 15) is 9.50 Å². The quantitative estimate of drug-likeness (QED) is 0.875. The van der Waals surface area contributed by atoms with Crippen molar-refractivity contribution in [3.05, 3.63) is 42.0 Å². The van der Waals surface area contributed by atoms with Crippen molar-refractivity contribution in [2.24, 2.45) is 0 Å². The minimum absolute atomic E-state index is 0.219. The number of benzene rings is 1. The van der Waals surface area contributed by atoms with Crippen LogP contribution >= 0.6 is 0 Å². The second-order valence-electron chi connectivity index (χ2n) is 6.54. The predicted octanol–water partition coefficient (Wildman–Crippen LogP) is 1.97. The Morgan fingerprint density at radius 3 is 2.75 bits per heavy atom. The Morgan fingerprint density at radius 1 is 1.33 bits per heavy atom. The first-order chi connectivity index (χ1) is 11.5. The number of aliphatic hydroxyl groups is 1. The van der Waals surface area contributed by atoms with Gasteiger partial charge < -0.3 is 9.84 Å². The van der Waals surface area contributed by atoms with Gasteiger partial charge in [-0.25, -0.2) is 9.07 Å². The maximum Gasteiger partial charge on any atom is 0.124 e. The number of β-amino-alcohol motifs (C(OH)–C–C–N with tert-alkyl or cyclic N) is 1. The molecule has 1 fully saturated rings. The first-order valence-electron chi connectivity index (χ1n) is 8.22. The van der Waals surface area contributed by atoms with Gasteiger partial charge in [-0.05, 0) is 44.5 Å². The summed E-state index contributed by atoms with van der Waals surface area (Å²) in [5.41, 5.74) is -0.332. The number of rotatable bonds is 6. The number of nitrogens with zero attached hydrogens (tertiary/aromatic N) is 4. The SMILES string of the molecule is CC(C)n1cc([C@@]2(O)CCN(CCOc3ccc(F)cc3)C2)nn1. The Balaban J connectivity index is 1.51. The number of halogens is 1. The lowest BCUT2D eigenvalue weighted by Crippen LogP contribution is -2.33. The minimum atomic E-state index is -0.955. The van der Waals surface area contributed by atoms with Crippen molar-refractivity contribution in [1.29, 1.82) is 0 Å². The highest BCUT2D eigenvalue weighted by Crippen LogP contribution is 2.30. The van der Waals surface area contributed by atoms with Crippen LogP contribution in [0.25, 0.3) is 0 Å². The Labute approximate surface area is 140 Å². The number of hydrogen-bond acceptors (Lipinski definition) is 5. The summed E-state index contributed by atoms with van der Waals surface area (Å²) in [6.45, 7) is 6.51. The van der Waals surface area contributed by atoms with Crippen molar-refractivity contribution in [3.8, 4) is 5.75 Å². The van der Waals surface area contributed by atoms with E-state index in [1.807, 2.05) is 20.0 Å². The summed E-state index contributed by atoms with van der Waals surface area (Å²) in [7, 11) is 0. The minimum Gasteiger partial charge on any atom is -0.492 e. The zero-order valence-electron chi connectivity index (χ0n) is 14.0. The maximum absolute atomic E-state index is 12.8. The zero-order chi connectivity index (χ0) is 17.2. The van der Waals surface area contributed by atoms with Crippen LogP contribution in [0, 0.1) is 5.82 Å². The molecule has 0 radical (unpaired) electrons. The summed E-state index contributed by atoms with van der Waals surface area (Å²) in [5.74, 6) is 0.368. The van der Waals surface area contributed by atoms with E-state index in [-0.39, 0.29) is 11.9 Å². The lowest BCUT2D eigenvalue weighted by molar-refractivity contribution is 0.0403. The molecule has 0 aliphatic carbocycles. The molecule has 3 rings (SSSR count). The summed E-state index contributed by atoms with van der Waals surface area (Å²) in [6.07, 6.45) is 2.45. The molecule has 130 valence electrons. The molecule has 1 aromatic carbocycles. The van der Waals surface area contributed by atoms with Crippen LogP contribution in [0.2, 0.25) is 0 Å². The van der Waals surface area contributed by atoms with E-state index < -0.39 is 5.60 Å². The number of ether oxygens (including phenoxy) is 1. The van der Waals surface area contributed by atoms with E-state index >= 15 is 0 Å². The molecular formula is C17H23FN4O2. The third-order valence-corrected chi connectivity index (χ3v) is 4.33. The van der Waals surface area contributed by atoms with Gasteiger partial charge in [-0.2, -0.15) is 0 Å². The number of hydrogen-bond donors (Lipinski definition) is 1. The van der Waals surface area contributed by atoms with Gasteiger partial charge in [0.15, 0.2) is 0 Å². The lowest BCUT2D eigenvalue weighted by Gasteiger charge is -2.21. The molecule has 6 nitrogen and oxygen atoms in total. The monoisotopic (exact) mass is 334 g/mol. The van der Waals surface area contributed by atoms with Crippen molar-refractivity contribution in [2.45, 2.75) is 31.9 Å². The van der Waals surface area contributed by atoms with E-state index in [2.05, 4.69) is 15.2 Å². The zero-order valence-corrected chi connectivity index (χ0v) is 14.0. The molecule has 0 amide bonds. The predicted molar refractivity (Wildman–Crippen MR) is 87.3 cm³/mol. The first kappa shape index (κ1) is 16.9. The fourth-order valence-electron chi connectivity index (χ4n) is 2.84. The molecule has 1 aliphatic rings. The summed E-state index contributed by atoms with van der Waals surface area (Å²) >= 11 is 0. The van der Waals surface area contributed by atoms with Crippen molar-refractivity contribution < 1.29 is 14.2 Å². The fraction of sp³-hybridized carbons (Fsp3) is 0.529. The summed E-state index contributed by atoms with van der Waals surface area (Å²) in [4.78, 5) is 2.14. The van der Waals surface area contributed by atoms with Gasteiger partial charge in [0.1, 0.15) is 29.5 Å². The van der Waals surface area contributed by atoms with Gasteiger partial charge in [-0.15, -0.1) is 5.10 Å². The van der Waals surface area contributed by atoms with Gasteiger partial charge in [-0.1, -0.05) is 5.21 Å². The van der Waals surface area contributed by atoms with E-state index in [1.54, 1.807) is 16.8 Å². The second-order valence-corrected chi connectivity index (χ2v) is 6.54. The lowest BCUT2D eigenvalue weighted by atomic mass is 10.00. The van der Waals surface area contributed by atoms with Crippen LogP contribution in [-0.2, 0) is 5.60 Å².